The highest BCUT2D eigenvalue weighted by Crippen LogP contribution is 2.29. The van der Waals surface area contributed by atoms with Crippen LogP contribution in [0.15, 0.2) is 46.3 Å². The van der Waals surface area contributed by atoms with Crippen LogP contribution in [0.3, 0.4) is 0 Å². The number of rotatable bonds is 4. The molecule has 1 aromatic heterocycles. The van der Waals surface area contributed by atoms with E-state index in [0.717, 1.165) is 23.9 Å². The zero-order valence-electron chi connectivity index (χ0n) is 11.0. The summed E-state index contributed by atoms with van der Waals surface area (Å²) in [6.07, 6.45) is -3.10. The van der Waals surface area contributed by atoms with Crippen LogP contribution in [-0.2, 0) is 11.0 Å². The smallest absolute Gasteiger partial charge is 0.325 e. The fraction of sp³-hybridized carbons (Fsp3) is 0.154. The number of carbonyl (C=O) groups excluding carboxylic acids is 1. The molecule has 0 aliphatic rings. The number of nitrogens with one attached hydrogen (secondary N) is 2. The van der Waals surface area contributed by atoms with Gasteiger partial charge in [-0.05, 0) is 30.3 Å². The second-order valence-electron chi connectivity index (χ2n) is 4.15. The van der Waals surface area contributed by atoms with Crippen molar-refractivity contribution < 1.29 is 18.0 Å². The Bertz CT molecular complexity index is 713. The molecule has 1 heterocycles. The number of hydrogen-bond donors (Lipinski definition) is 2. The maximum absolute atomic E-state index is 12.4. The first kappa shape index (κ1) is 16.1. The van der Waals surface area contributed by atoms with Crippen molar-refractivity contribution in [1.82, 2.24) is 9.97 Å². The molecule has 2 rings (SSSR count). The van der Waals surface area contributed by atoms with Crippen molar-refractivity contribution in [1.29, 1.82) is 0 Å². The van der Waals surface area contributed by atoms with Gasteiger partial charge in [-0.15, -0.1) is 0 Å². The van der Waals surface area contributed by atoms with Gasteiger partial charge in [-0.2, -0.15) is 13.2 Å². The van der Waals surface area contributed by atoms with Gasteiger partial charge in [0, 0.05) is 11.9 Å². The number of thioether (sulfide) groups is 1. The number of H-pyrrole nitrogens is 1. The van der Waals surface area contributed by atoms with Gasteiger partial charge in [0.05, 0.1) is 16.3 Å². The summed E-state index contributed by atoms with van der Waals surface area (Å²) in [5.74, 6) is -0.400. The molecule has 9 heteroatoms. The van der Waals surface area contributed by atoms with Gasteiger partial charge < -0.3 is 10.3 Å². The first-order chi connectivity index (χ1) is 10.3. The third kappa shape index (κ3) is 4.62. The minimum Gasteiger partial charge on any atom is -0.325 e. The number of carbonyl (C=O) groups is 1. The number of anilines is 1. The minimum atomic E-state index is -4.41. The molecule has 0 radical (unpaired) electrons. The zero-order valence-corrected chi connectivity index (χ0v) is 11.8. The number of alkyl halides is 3. The zero-order chi connectivity index (χ0) is 16.2. The summed E-state index contributed by atoms with van der Waals surface area (Å²) in [7, 11) is 0. The van der Waals surface area contributed by atoms with Gasteiger partial charge in [0.25, 0.3) is 0 Å². The van der Waals surface area contributed by atoms with Gasteiger partial charge in [-0.25, -0.2) is 9.78 Å². The van der Waals surface area contributed by atoms with E-state index < -0.39 is 23.3 Å². The average Bonchev–Trinajstić information content (AvgIpc) is 2.45. The van der Waals surface area contributed by atoms with Gasteiger partial charge >= 0.3 is 11.9 Å². The Labute approximate surface area is 127 Å². The summed E-state index contributed by atoms with van der Waals surface area (Å²) in [6.45, 7) is 0. The van der Waals surface area contributed by atoms with Crippen LogP contribution in [0.25, 0.3) is 0 Å². The third-order valence-corrected chi connectivity index (χ3v) is 3.46. The summed E-state index contributed by atoms with van der Waals surface area (Å²) in [6, 6.07) is 5.68. The molecule has 5 nitrogen and oxygen atoms in total. The summed E-state index contributed by atoms with van der Waals surface area (Å²) < 4.78 is 37.2. The van der Waals surface area contributed by atoms with Crippen molar-refractivity contribution in [2.45, 2.75) is 11.2 Å². The lowest BCUT2D eigenvalue weighted by Gasteiger charge is -2.08. The molecule has 0 aliphatic heterocycles. The van der Waals surface area contributed by atoms with E-state index in [0.29, 0.717) is 5.03 Å². The first-order valence-corrected chi connectivity index (χ1v) is 6.98. The van der Waals surface area contributed by atoms with Gasteiger partial charge in [-0.3, -0.25) is 4.79 Å². The Balaban J connectivity index is 1.91. The van der Waals surface area contributed by atoms with Crippen LogP contribution in [0.5, 0.6) is 0 Å². The molecular weight excluding hydrogens is 319 g/mol. The Morgan fingerprint density at radius 2 is 1.91 bits per heavy atom. The highest BCUT2D eigenvalue weighted by atomic mass is 32.2. The standard InChI is InChI=1S/C13H10F3N3O2S/c14-13(15,16)8-1-3-9(4-2-8)18-10(20)7-22-11-5-6-17-12(21)19-11/h1-6H,7H2,(H,18,20)(H,17,19,21). The van der Waals surface area contributed by atoms with Crippen LogP contribution in [0.4, 0.5) is 18.9 Å². The van der Waals surface area contributed by atoms with Crippen molar-refractivity contribution in [2.75, 3.05) is 11.1 Å². The normalized spacial score (nSPS) is 11.2. The molecule has 2 aromatic rings. The van der Waals surface area contributed by atoms with Crippen molar-refractivity contribution in [2.24, 2.45) is 0 Å². The van der Waals surface area contributed by atoms with Gasteiger partial charge in [0.15, 0.2) is 0 Å². The van der Waals surface area contributed by atoms with E-state index in [4.69, 9.17) is 0 Å². The lowest BCUT2D eigenvalue weighted by molar-refractivity contribution is -0.137. The Morgan fingerprint density at radius 3 is 2.50 bits per heavy atom. The lowest BCUT2D eigenvalue weighted by Crippen LogP contribution is -2.15. The molecular formula is C13H10F3N3O2S. The van der Waals surface area contributed by atoms with Crippen LogP contribution >= 0.6 is 11.8 Å². The molecule has 0 saturated carbocycles. The maximum Gasteiger partial charge on any atom is 0.416 e. The second-order valence-corrected chi connectivity index (χ2v) is 5.17. The van der Waals surface area contributed by atoms with E-state index in [1.807, 2.05) is 0 Å². The first-order valence-electron chi connectivity index (χ1n) is 6.00. The van der Waals surface area contributed by atoms with Crippen molar-refractivity contribution in [3.8, 4) is 0 Å². The van der Waals surface area contributed by atoms with Crippen LogP contribution in [0.1, 0.15) is 5.56 Å². The Morgan fingerprint density at radius 1 is 1.23 bits per heavy atom. The molecule has 1 aromatic carbocycles. The predicted octanol–water partition coefficient (Wildman–Crippen LogP) is 2.52. The number of nitrogens with zero attached hydrogens (tertiary/aromatic N) is 1. The van der Waals surface area contributed by atoms with Crippen molar-refractivity contribution in [3.63, 3.8) is 0 Å². The number of hydrogen-bond acceptors (Lipinski definition) is 4. The fourth-order valence-electron chi connectivity index (χ4n) is 1.52. The second kappa shape index (κ2) is 6.65. The van der Waals surface area contributed by atoms with Crippen LogP contribution < -0.4 is 11.0 Å². The largest absolute Gasteiger partial charge is 0.416 e. The SMILES string of the molecule is O=C(CSc1ccnc(=O)[nH]1)Nc1ccc(C(F)(F)F)cc1. The molecule has 0 atom stereocenters. The Hall–Kier alpha value is -2.29. The van der Waals surface area contributed by atoms with E-state index in [9.17, 15) is 22.8 Å². The number of halogens is 3. The van der Waals surface area contributed by atoms with Crippen LogP contribution in [-0.4, -0.2) is 21.6 Å². The molecule has 0 aliphatic carbocycles. The van der Waals surface area contributed by atoms with Gasteiger partial charge in [0.1, 0.15) is 0 Å². The van der Waals surface area contributed by atoms with Crippen LogP contribution in [0, 0.1) is 0 Å². The molecule has 0 saturated heterocycles. The molecule has 116 valence electrons. The summed E-state index contributed by atoms with van der Waals surface area (Å²) in [4.78, 5) is 28.5. The molecule has 2 N–H and O–H groups in total. The molecule has 22 heavy (non-hydrogen) atoms. The molecule has 1 amide bonds. The number of aromatic nitrogens is 2. The van der Waals surface area contributed by atoms with E-state index in [1.54, 1.807) is 0 Å². The van der Waals surface area contributed by atoms with Crippen molar-refractivity contribution >= 4 is 23.4 Å². The number of amides is 1. The van der Waals surface area contributed by atoms with Crippen LogP contribution in [0.2, 0.25) is 0 Å². The van der Waals surface area contributed by atoms with E-state index in [-0.39, 0.29) is 11.4 Å². The molecule has 0 fully saturated rings. The predicted molar refractivity (Wildman–Crippen MR) is 75.7 cm³/mol. The summed E-state index contributed by atoms with van der Waals surface area (Å²) in [5, 5.41) is 2.95. The quantitative estimate of drug-likeness (QED) is 0.668. The molecule has 0 bridgehead atoms. The maximum atomic E-state index is 12.4. The van der Waals surface area contributed by atoms with Crippen molar-refractivity contribution in [3.05, 3.63) is 52.6 Å². The highest BCUT2D eigenvalue weighted by molar-refractivity contribution is 7.99. The van der Waals surface area contributed by atoms with E-state index in [2.05, 4.69) is 15.3 Å². The minimum absolute atomic E-state index is 0.000968. The third-order valence-electron chi connectivity index (χ3n) is 2.50. The average molecular weight is 329 g/mol. The topological polar surface area (TPSA) is 74.8 Å². The summed E-state index contributed by atoms with van der Waals surface area (Å²) >= 11 is 1.08. The monoisotopic (exact) mass is 329 g/mol. The molecule has 0 spiro atoms. The fourth-order valence-corrected chi connectivity index (χ4v) is 2.19. The van der Waals surface area contributed by atoms with Gasteiger partial charge in [0.2, 0.25) is 5.91 Å². The summed E-state index contributed by atoms with van der Waals surface area (Å²) in [5.41, 5.74) is -1.04. The Kier molecular flexibility index (Phi) is 4.86. The van der Waals surface area contributed by atoms with E-state index in [1.165, 1.54) is 24.4 Å². The highest BCUT2D eigenvalue weighted by Gasteiger charge is 2.29. The van der Waals surface area contributed by atoms with E-state index >= 15 is 0 Å². The number of aromatic amines is 1. The lowest BCUT2D eigenvalue weighted by atomic mass is 10.2. The number of benzene rings is 1. The molecule has 0 unspecified atom stereocenters. The van der Waals surface area contributed by atoms with Gasteiger partial charge in [-0.1, -0.05) is 11.8 Å².